The molecule has 0 bridgehead atoms. The number of furan rings is 1. The summed E-state index contributed by atoms with van der Waals surface area (Å²) in [5.41, 5.74) is 5.80. The summed E-state index contributed by atoms with van der Waals surface area (Å²) in [6.07, 6.45) is 0. The van der Waals surface area contributed by atoms with Crippen LogP contribution in [0.1, 0.15) is 51.7 Å². The van der Waals surface area contributed by atoms with Gasteiger partial charge in [0, 0.05) is 10.9 Å². The molecule has 4 rings (SSSR count). The molecule has 0 fully saturated rings. The molecule has 4 aromatic rings. The van der Waals surface area contributed by atoms with Crippen molar-refractivity contribution in [1.82, 2.24) is 10.3 Å². The third-order valence-electron chi connectivity index (χ3n) is 4.65. The molecule has 0 saturated carbocycles. The van der Waals surface area contributed by atoms with Crippen molar-refractivity contribution in [2.75, 3.05) is 0 Å². The second-order valence-electron chi connectivity index (χ2n) is 7.93. The third kappa shape index (κ3) is 2.62. The molecule has 0 unspecified atom stereocenters. The zero-order valence-electron chi connectivity index (χ0n) is 15.3. The van der Waals surface area contributed by atoms with E-state index in [1.165, 1.54) is 5.56 Å². The summed E-state index contributed by atoms with van der Waals surface area (Å²) in [6, 6.07) is 12.5. The smallest absolute Gasteiger partial charge is 0.139 e. The highest BCUT2D eigenvalue weighted by atomic mass is 16.6. The van der Waals surface area contributed by atoms with E-state index in [0.29, 0.717) is 5.92 Å². The van der Waals surface area contributed by atoms with Gasteiger partial charge in [-0.3, -0.25) is 0 Å². The van der Waals surface area contributed by atoms with Crippen LogP contribution >= 0.6 is 0 Å². The number of aromatic nitrogens is 2. The standard InChI is InChI=1S/C21H22N2O2/c1-12(2)13-6-9-17-14(10-13)11-18(24-17)15-7-8-16-20(23-25-22-16)19(15)21(3,4)5/h6-12H,1-5H3. The Hall–Kier alpha value is -2.62. The van der Waals surface area contributed by atoms with Gasteiger partial charge in [-0.05, 0) is 63.1 Å². The Labute approximate surface area is 146 Å². The largest absolute Gasteiger partial charge is 0.456 e. The van der Waals surface area contributed by atoms with Gasteiger partial charge in [-0.2, -0.15) is 0 Å². The predicted octanol–water partition coefficient (Wildman–Crippen LogP) is 6.06. The first-order valence-corrected chi connectivity index (χ1v) is 8.64. The lowest BCUT2D eigenvalue weighted by molar-refractivity contribution is 0.315. The second-order valence-corrected chi connectivity index (χ2v) is 7.93. The van der Waals surface area contributed by atoms with Crippen LogP contribution in [0.2, 0.25) is 0 Å². The van der Waals surface area contributed by atoms with Gasteiger partial charge < -0.3 is 4.42 Å². The minimum absolute atomic E-state index is 0.116. The van der Waals surface area contributed by atoms with Crippen molar-refractivity contribution in [2.45, 2.75) is 46.0 Å². The van der Waals surface area contributed by atoms with Crippen molar-refractivity contribution < 1.29 is 9.05 Å². The van der Waals surface area contributed by atoms with Crippen LogP contribution in [0.5, 0.6) is 0 Å². The lowest BCUT2D eigenvalue weighted by atomic mass is 9.82. The van der Waals surface area contributed by atoms with Crippen molar-refractivity contribution in [3.63, 3.8) is 0 Å². The van der Waals surface area contributed by atoms with Crippen LogP contribution < -0.4 is 0 Å². The molecular formula is C21H22N2O2. The molecule has 0 saturated heterocycles. The molecule has 0 aliphatic rings. The van der Waals surface area contributed by atoms with Crippen molar-refractivity contribution >= 4 is 22.0 Å². The SMILES string of the molecule is CC(C)c1ccc2oc(-c3ccc4nonc4c3C(C)(C)C)cc2c1. The van der Waals surface area contributed by atoms with Gasteiger partial charge in [0.2, 0.25) is 0 Å². The van der Waals surface area contributed by atoms with Crippen molar-refractivity contribution in [3.8, 4) is 11.3 Å². The summed E-state index contributed by atoms with van der Waals surface area (Å²) in [4.78, 5) is 0. The van der Waals surface area contributed by atoms with E-state index in [-0.39, 0.29) is 5.41 Å². The molecule has 2 aromatic heterocycles. The molecule has 0 spiro atoms. The lowest BCUT2D eigenvalue weighted by Crippen LogP contribution is -2.13. The maximum Gasteiger partial charge on any atom is 0.139 e. The Bertz CT molecular complexity index is 1060. The first-order chi connectivity index (χ1) is 11.8. The van der Waals surface area contributed by atoms with Gasteiger partial charge in [0.25, 0.3) is 0 Å². The summed E-state index contributed by atoms with van der Waals surface area (Å²) in [5, 5.41) is 9.24. The van der Waals surface area contributed by atoms with E-state index in [4.69, 9.17) is 9.05 Å². The Morgan fingerprint density at radius 1 is 0.960 bits per heavy atom. The molecule has 0 aliphatic heterocycles. The number of benzene rings is 2. The van der Waals surface area contributed by atoms with Gasteiger partial charge in [-0.1, -0.05) is 40.7 Å². The Balaban J connectivity index is 1.96. The molecule has 2 aromatic carbocycles. The Morgan fingerprint density at radius 3 is 2.48 bits per heavy atom. The first kappa shape index (κ1) is 15.9. The fourth-order valence-corrected chi connectivity index (χ4v) is 3.37. The number of fused-ring (bicyclic) bond motifs is 2. The maximum absolute atomic E-state index is 6.17. The van der Waals surface area contributed by atoms with E-state index in [1.54, 1.807) is 0 Å². The number of hydrogen-bond donors (Lipinski definition) is 0. The molecule has 25 heavy (non-hydrogen) atoms. The van der Waals surface area contributed by atoms with Crippen LogP contribution in [-0.4, -0.2) is 10.3 Å². The molecule has 128 valence electrons. The molecule has 4 heteroatoms. The fourth-order valence-electron chi connectivity index (χ4n) is 3.37. The highest BCUT2D eigenvalue weighted by Gasteiger charge is 2.26. The number of rotatable bonds is 2. The van der Waals surface area contributed by atoms with Gasteiger partial charge in [0.15, 0.2) is 0 Å². The summed E-state index contributed by atoms with van der Waals surface area (Å²) < 4.78 is 11.1. The van der Waals surface area contributed by atoms with Crippen molar-refractivity contribution in [1.29, 1.82) is 0 Å². The highest BCUT2D eigenvalue weighted by molar-refractivity contribution is 5.90. The van der Waals surface area contributed by atoms with Gasteiger partial charge in [-0.25, -0.2) is 4.63 Å². The van der Waals surface area contributed by atoms with Gasteiger partial charge >= 0.3 is 0 Å². The minimum atomic E-state index is -0.116. The van der Waals surface area contributed by atoms with Crippen LogP contribution in [0.4, 0.5) is 0 Å². The van der Waals surface area contributed by atoms with Gasteiger partial charge in [-0.15, -0.1) is 0 Å². The van der Waals surface area contributed by atoms with Crippen LogP contribution in [0, 0.1) is 0 Å². The Morgan fingerprint density at radius 2 is 1.76 bits per heavy atom. The lowest BCUT2D eigenvalue weighted by Gasteiger charge is -2.21. The van der Waals surface area contributed by atoms with E-state index >= 15 is 0 Å². The summed E-state index contributed by atoms with van der Waals surface area (Å²) in [6.45, 7) is 10.9. The molecule has 0 radical (unpaired) electrons. The Kier molecular flexibility index (Phi) is 3.46. The quantitative estimate of drug-likeness (QED) is 0.447. The van der Waals surface area contributed by atoms with E-state index in [9.17, 15) is 0 Å². The van der Waals surface area contributed by atoms with Crippen LogP contribution in [0.15, 0.2) is 45.4 Å². The zero-order valence-corrected chi connectivity index (χ0v) is 15.3. The summed E-state index contributed by atoms with van der Waals surface area (Å²) >= 11 is 0. The molecular weight excluding hydrogens is 312 g/mol. The fraction of sp³-hybridized carbons (Fsp3) is 0.333. The van der Waals surface area contributed by atoms with Crippen LogP contribution in [-0.2, 0) is 5.41 Å². The van der Waals surface area contributed by atoms with Crippen molar-refractivity contribution in [3.05, 3.63) is 47.5 Å². The van der Waals surface area contributed by atoms with Crippen molar-refractivity contribution in [2.24, 2.45) is 0 Å². The average Bonchev–Trinajstić information content (AvgIpc) is 3.18. The van der Waals surface area contributed by atoms with E-state index in [0.717, 1.165) is 38.9 Å². The maximum atomic E-state index is 6.17. The normalized spacial score (nSPS) is 12.6. The monoisotopic (exact) mass is 334 g/mol. The van der Waals surface area contributed by atoms with Gasteiger partial charge in [0.05, 0.1) is 0 Å². The molecule has 0 amide bonds. The second kappa shape index (κ2) is 5.45. The van der Waals surface area contributed by atoms with E-state index in [2.05, 4.69) is 69.2 Å². The zero-order chi connectivity index (χ0) is 17.8. The molecule has 4 nitrogen and oxygen atoms in total. The third-order valence-corrected chi connectivity index (χ3v) is 4.65. The summed E-state index contributed by atoms with van der Waals surface area (Å²) in [7, 11) is 0. The molecule has 0 N–H and O–H groups in total. The van der Waals surface area contributed by atoms with Crippen LogP contribution in [0.25, 0.3) is 33.3 Å². The highest BCUT2D eigenvalue weighted by Crippen LogP contribution is 2.39. The minimum Gasteiger partial charge on any atom is -0.456 e. The number of nitrogens with zero attached hydrogens (tertiary/aromatic N) is 2. The average molecular weight is 334 g/mol. The molecule has 0 aliphatic carbocycles. The van der Waals surface area contributed by atoms with E-state index < -0.39 is 0 Å². The van der Waals surface area contributed by atoms with E-state index in [1.807, 2.05) is 12.1 Å². The topological polar surface area (TPSA) is 52.1 Å². The number of hydrogen-bond acceptors (Lipinski definition) is 4. The predicted molar refractivity (Wildman–Crippen MR) is 99.8 cm³/mol. The molecule has 2 heterocycles. The first-order valence-electron chi connectivity index (χ1n) is 8.64. The van der Waals surface area contributed by atoms with Crippen LogP contribution in [0.3, 0.4) is 0 Å². The summed E-state index contributed by atoms with van der Waals surface area (Å²) in [5.74, 6) is 1.34. The van der Waals surface area contributed by atoms with Gasteiger partial charge in [0.1, 0.15) is 22.4 Å². The molecule has 0 atom stereocenters.